The van der Waals surface area contributed by atoms with E-state index in [0.29, 0.717) is 17.2 Å². The molecule has 0 aliphatic heterocycles. The lowest BCUT2D eigenvalue weighted by molar-refractivity contribution is 0.298. The molecular formula is C13H23ClN2O. The standard InChI is InChI=1S/C13H23ClN2O/c1-10(2)7-11(9-16(3)4)15-8-12-5-6-13(14)17-12/h5-6,10-11,15H,7-9H2,1-4H3. The topological polar surface area (TPSA) is 28.4 Å². The third kappa shape index (κ3) is 6.10. The van der Waals surface area contributed by atoms with Gasteiger partial charge in [-0.2, -0.15) is 0 Å². The second-order valence-corrected chi connectivity index (χ2v) is 5.55. The molecule has 0 aliphatic carbocycles. The van der Waals surface area contributed by atoms with Crippen LogP contribution in [-0.4, -0.2) is 31.6 Å². The van der Waals surface area contributed by atoms with Gasteiger partial charge < -0.3 is 14.6 Å². The highest BCUT2D eigenvalue weighted by molar-refractivity contribution is 6.28. The van der Waals surface area contributed by atoms with Crippen LogP contribution in [0.3, 0.4) is 0 Å². The molecule has 17 heavy (non-hydrogen) atoms. The third-order valence-electron chi connectivity index (χ3n) is 2.54. The lowest BCUT2D eigenvalue weighted by Crippen LogP contribution is -2.38. The third-order valence-corrected chi connectivity index (χ3v) is 2.74. The molecule has 1 rings (SSSR count). The number of nitrogens with zero attached hydrogens (tertiary/aromatic N) is 1. The summed E-state index contributed by atoms with van der Waals surface area (Å²) in [7, 11) is 4.19. The Hall–Kier alpha value is -0.510. The molecule has 3 nitrogen and oxygen atoms in total. The number of nitrogens with one attached hydrogen (secondary N) is 1. The fourth-order valence-corrected chi connectivity index (χ4v) is 2.09. The molecule has 1 atom stereocenters. The van der Waals surface area contributed by atoms with Gasteiger partial charge >= 0.3 is 0 Å². The fraction of sp³-hybridized carbons (Fsp3) is 0.692. The number of hydrogen-bond acceptors (Lipinski definition) is 3. The maximum Gasteiger partial charge on any atom is 0.193 e. The molecule has 0 fully saturated rings. The van der Waals surface area contributed by atoms with E-state index in [4.69, 9.17) is 16.0 Å². The van der Waals surface area contributed by atoms with Crippen LogP contribution in [0, 0.1) is 5.92 Å². The highest BCUT2D eigenvalue weighted by atomic mass is 35.5. The number of likely N-dealkylation sites (N-methyl/N-ethyl adjacent to an activating group) is 1. The van der Waals surface area contributed by atoms with Crippen LogP contribution in [0.1, 0.15) is 26.0 Å². The first-order chi connectivity index (χ1) is 7.97. The summed E-state index contributed by atoms with van der Waals surface area (Å²) in [5.74, 6) is 1.58. The molecule has 1 N–H and O–H groups in total. The molecule has 0 radical (unpaired) electrons. The molecule has 4 heteroatoms. The molecule has 0 aliphatic rings. The van der Waals surface area contributed by atoms with Crippen molar-refractivity contribution in [2.24, 2.45) is 5.92 Å². The van der Waals surface area contributed by atoms with Crippen molar-refractivity contribution in [3.63, 3.8) is 0 Å². The van der Waals surface area contributed by atoms with Crippen molar-refractivity contribution in [2.45, 2.75) is 32.9 Å². The van der Waals surface area contributed by atoms with E-state index in [1.165, 1.54) is 0 Å². The van der Waals surface area contributed by atoms with E-state index < -0.39 is 0 Å². The maximum absolute atomic E-state index is 5.74. The molecule has 0 saturated carbocycles. The second kappa shape index (κ2) is 7.04. The first-order valence-corrected chi connectivity index (χ1v) is 6.47. The zero-order valence-electron chi connectivity index (χ0n) is 11.2. The Morgan fingerprint density at radius 2 is 2.06 bits per heavy atom. The van der Waals surface area contributed by atoms with Crippen LogP contribution < -0.4 is 5.32 Å². The van der Waals surface area contributed by atoms with Crippen molar-refractivity contribution in [1.82, 2.24) is 10.2 Å². The van der Waals surface area contributed by atoms with E-state index in [1.807, 2.05) is 6.07 Å². The Morgan fingerprint density at radius 3 is 2.53 bits per heavy atom. The minimum atomic E-state index is 0.454. The van der Waals surface area contributed by atoms with E-state index in [1.54, 1.807) is 6.07 Å². The summed E-state index contributed by atoms with van der Waals surface area (Å²) in [4.78, 5) is 2.20. The molecule has 1 aromatic rings. The molecule has 1 heterocycles. The Bertz CT molecular complexity index is 313. The molecule has 1 unspecified atom stereocenters. The molecule has 0 spiro atoms. The summed E-state index contributed by atoms with van der Waals surface area (Å²) in [6.45, 7) is 6.26. The first-order valence-electron chi connectivity index (χ1n) is 6.09. The maximum atomic E-state index is 5.74. The van der Waals surface area contributed by atoms with Crippen LogP contribution in [0.4, 0.5) is 0 Å². The highest BCUT2D eigenvalue weighted by Crippen LogP contribution is 2.13. The minimum Gasteiger partial charge on any atom is -0.448 e. The van der Waals surface area contributed by atoms with Crippen LogP contribution in [0.15, 0.2) is 16.5 Å². The van der Waals surface area contributed by atoms with E-state index >= 15 is 0 Å². The number of rotatable bonds is 7. The van der Waals surface area contributed by atoms with Gasteiger partial charge in [-0.05, 0) is 50.2 Å². The molecule has 0 amide bonds. The number of halogens is 1. The number of furan rings is 1. The van der Waals surface area contributed by atoms with Crippen molar-refractivity contribution in [3.8, 4) is 0 Å². The Labute approximate surface area is 109 Å². The number of hydrogen-bond donors (Lipinski definition) is 1. The molecule has 0 bridgehead atoms. The molecule has 1 aromatic heterocycles. The predicted octanol–water partition coefficient (Wildman–Crippen LogP) is 3.00. The van der Waals surface area contributed by atoms with Gasteiger partial charge in [-0.3, -0.25) is 0 Å². The van der Waals surface area contributed by atoms with Gasteiger partial charge in [0.05, 0.1) is 6.54 Å². The largest absolute Gasteiger partial charge is 0.448 e. The smallest absolute Gasteiger partial charge is 0.193 e. The zero-order chi connectivity index (χ0) is 12.8. The first kappa shape index (κ1) is 14.6. The van der Waals surface area contributed by atoms with Crippen LogP contribution in [0.2, 0.25) is 5.22 Å². The minimum absolute atomic E-state index is 0.454. The summed E-state index contributed by atoms with van der Waals surface area (Å²) >= 11 is 5.74. The lowest BCUT2D eigenvalue weighted by atomic mass is 10.0. The highest BCUT2D eigenvalue weighted by Gasteiger charge is 2.12. The van der Waals surface area contributed by atoms with Crippen molar-refractivity contribution in [3.05, 3.63) is 23.1 Å². The van der Waals surface area contributed by atoms with Gasteiger partial charge in [-0.1, -0.05) is 13.8 Å². The summed E-state index contributed by atoms with van der Waals surface area (Å²) in [5.41, 5.74) is 0. The van der Waals surface area contributed by atoms with Crippen molar-refractivity contribution < 1.29 is 4.42 Å². The SMILES string of the molecule is CC(C)CC(CN(C)C)NCc1ccc(Cl)o1. The summed E-state index contributed by atoms with van der Waals surface area (Å²) in [5, 5.41) is 3.97. The molecule has 0 aromatic carbocycles. The van der Waals surface area contributed by atoms with Crippen LogP contribution in [0.5, 0.6) is 0 Å². The van der Waals surface area contributed by atoms with E-state index in [9.17, 15) is 0 Å². The Balaban J connectivity index is 2.42. The second-order valence-electron chi connectivity index (χ2n) is 5.18. The fourth-order valence-electron chi connectivity index (χ4n) is 1.92. The van der Waals surface area contributed by atoms with Crippen molar-refractivity contribution >= 4 is 11.6 Å². The van der Waals surface area contributed by atoms with Crippen LogP contribution in [0.25, 0.3) is 0 Å². The Kier molecular flexibility index (Phi) is 6.03. The van der Waals surface area contributed by atoms with Crippen LogP contribution in [-0.2, 0) is 6.54 Å². The average molecular weight is 259 g/mol. The van der Waals surface area contributed by atoms with Gasteiger partial charge in [0.1, 0.15) is 5.76 Å². The van der Waals surface area contributed by atoms with E-state index in [0.717, 1.165) is 25.3 Å². The Morgan fingerprint density at radius 1 is 1.35 bits per heavy atom. The predicted molar refractivity (Wildman–Crippen MR) is 72.4 cm³/mol. The van der Waals surface area contributed by atoms with Crippen molar-refractivity contribution in [2.75, 3.05) is 20.6 Å². The van der Waals surface area contributed by atoms with Crippen LogP contribution >= 0.6 is 11.6 Å². The molecule has 98 valence electrons. The molecule has 0 saturated heterocycles. The summed E-state index contributed by atoms with van der Waals surface area (Å²) < 4.78 is 5.33. The van der Waals surface area contributed by atoms with Gasteiger partial charge in [-0.25, -0.2) is 0 Å². The monoisotopic (exact) mass is 258 g/mol. The summed E-state index contributed by atoms with van der Waals surface area (Å²) in [6.07, 6.45) is 1.16. The zero-order valence-corrected chi connectivity index (χ0v) is 11.9. The lowest BCUT2D eigenvalue weighted by Gasteiger charge is -2.23. The molecular weight excluding hydrogens is 236 g/mol. The normalized spacial score (nSPS) is 13.6. The average Bonchev–Trinajstić information content (AvgIpc) is 2.59. The quantitative estimate of drug-likeness (QED) is 0.815. The van der Waals surface area contributed by atoms with Gasteiger partial charge in [0.25, 0.3) is 0 Å². The van der Waals surface area contributed by atoms with Crippen molar-refractivity contribution in [1.29, 1.82) is 0 Å². The summed E-state index contributed by atoms with van der Waals surface area (Å²) in [6, 6.07) is 4.17. The van der Waals surface area contributed by atoms with E-state index in [-0.39, 0.29) is 0 Å². The van der Waals surface area contributed by atoms with Gasteiger partial charge in [0.2, 0.25) is 0 Å². The van der Waals surface area contributed by atoms with E-state index in [2.05, 4.69) is 38.2 Å². The van der Waals surface area contributed by atoms with Gasteiger partial charge in [0.15, 0.2) is 5.22 Å². The van der Waals surface area contributed by atoms with Gasteiger partial charge in [-0.15, -0.1) is 0 Å². The van der Waals surface area contributed by atoms with Gasteiger partial charge in [0, 0.05) is 12.6 Å².